The Morgan fingerprint density at radius 3 is 2.50 bits per heavy atom. The molecule has 1 saturated carbocycles. The van der Waals surface area contributed by atoms with Gasteiger partial charge in [-0.2, -0.15) is 0 Å². The van der Waals surface area contributed by atoms with Crippen molar-refractivity contribution < 1.29 is 0 Å². The van der Waals surface area contributed by atoms with E-state index in [1.54, 1.807) is 0 Å². The second-order valence-corrected chi connectivity index (χ2v) is 7.30. The third kappa shape index (κ3) is 3.98. The van der Waals surface area contributed by atoms with Crippen LogP contribution in [-0.4, -0.2) is 37.1 Å². The minimum Gasteiger partial charge on any atom is -0.314 e. The Morgan fingerprint density at radius 1 is 1.10 bits per heavy atom. The lowest BCUT2D eigenvalue weighted by Gasteiger charge is -2.35. The Kier molecular flexibility index (Phi) is 6.35. The van der Waals surface area contributed by atoms with Crippen molar-refractivity contribution in [3.05, 3.63) is 0 Å². The lowest BCUT2D eigenvalue weighted by molar-refractivity contribution is 0.169. The van der Waals surface area contributed by atoms with Crippen LogP contribution in [0, 0.1) is 11.3 Å². The molecule has 20 heavy (non-hydrogen) atoms. The van der Waals surface area contributed by atoms with Crippen molar-refractivity contribution in [1.29, 1.82) is 0 Å². The predicted molar refractivity (Wildman–Crippen MR) is 88.1 cm³/mol. The fraction of sp³-hybridized carbons (Fsp3) is 1.00. The van der Waals surface area contributed by atoms with Crippen LogP contribution in [0.2, 0.25) is 0 Å². The lowest BCUT2D eigenvalue weighted by atomic mass is 9.81. The molecule has 2 unspecified atom stereocenters. The zero-order valence-electron chi connectivity index (χ0n) is 14.1. The van der Waals surface area contributed by atoms with Gasteiger partial charge < -0.3 is 10.2 Å². The zero-order chi connectivity index (χ0) is 14.4. The molecule has 1 aliphatic heterocycles. The van der Waals surface area contributed by atoms with E-state index in [4.69, 9.17) is 0 Å². The molecule has 0 aromatic carbocycles. The molecule has 0 bridgehead atoms. The number of hydrogen-bond donors (Lipinski definition) is 1. The van der Waals surface area contributed by atoms with Crippen molar-refractivity contribution in [2.24, 2.45) is 11.3 Å². The van der Waals surface area contributed by atoms with Gasteiger partial charge in [-0.25, -0.2) is 0 Å². The highest BCUT2D eigenvalue weighted by Gasteiger charge is 2.36. The molecule has 2 atom stereocenters. The van der Waals surface area contributed by atoms with Crippen LogP contribution in [0.15, 0.2) is 0 Å². The van der Waals surface area contributed by atoms with Crippen LogP contribution >= 0.6 is 0 Å². The Labute approximate surface area is 126 Å². The summed E-state index contributed by atoms with van der Waals surface area (Å²) < 4.78 is 0. The Balaban J connectivity index is 1.85. The fourth-order valence-corrected chi connectivity index (χ4v) is 4.37. The Morgan fingerprint density at radius 2 is 1.85 bits per heavy atom. The molecular weight excluding hydrogens is 244 g/mol. The highest BCUT2D eigenvalue weighted by molar-refractivity contribution is 4.91. The Bertz CT molecular complexity index is 273. The molecule has 1 saturated heterocycles. The minimum atomic E-state index is 0.640. The van der Waals surface area contributed by atoms with Gasteiger partial charge in [-0.3, -0.25) is 0 Å². The first-order valence-electron chi connectivity index (χ1n) is 9.18. The summed E-state index contributed by atoms with van der Waals surface area (Å²) in [4.78, 5) is 2.78. The Hall–Kier alpha value is -0.0800. The maximum atomic E-state index is 3.82. The molecule has 2 aliphatic rings. The van der Waals surface area contributed by atoms with E-state index in [-0.39, 0.29) is 0 Å². The molecule has 1 heterocycles. The summed E-state index contributed by atoms with van der Waals surface area (Å²) in [5.74, 6) is 0.903. The van der Waals surface area contributed by atoms with Gasteiger partial charge in [0.15, 0.2) is 0 Å². The van der Waals surface area contributed by atoms with Gasteiger partial charge in [0.25, 0.3) is 0 Å². The molecule has 0 aromatic heterocycles. The lowest BCUT2D eigenvalue weighted by Crippen LogP contribution is -2.44. The summed E-state index contributed by atoms with van der Waals surface area (Å²) in [5.41, 5.74) is 0.640. The third-order valence-electron chi connectivity index (χ3n) is 6.08. The quantitative estimate of drug-likeness (QED) is 0.756. The van der Waals surface area contributed by atoms with Gasteiger partial charge >= 0.3 is 0 Å². The van der Waals surface area contributed by atoms with E-state index in [1.807, 2.05) is 0 Å². The third-order valence-corrected chi connectivity index (χ3v) is 6.08. The highest BCUT2D eigenvalue weighted by atomic mass is 15.2. The van der Waals surface area contributed by atoms with E-state index < -0.39 is 0 Å². The first kappa shape index (κ1) is 16.3. The predicted octanol–water partition coefficient (Wildman–Crippen LogP) is 4.06. The second kappa shape index (κ2) is 7.79. The van der Waals surface area contributed by atoms with Gasteiger partial charge in [-0.15, -0.1) is 0 Å². The molecule has 2 rings (SSSR count). The first-order chi connectivity index (χ1) is 9.73. The molecular formula is C18H36N2. The maximum absolute atomic E-state index is 3.82. The van der Waals surface area contributed by atoms with Gasteiger partial charge in [0.2, 0.25) is 0 Å². The number of likely N-dealkylation sites (tertiary alicyclic amines) is 1. The van der Waals surface area contributed by atoms with Gasteiger partial charge in [-0.05, 0) is 62.9 Å². The van der Waals surface area contributed by atoms with Crippen molar-refractivity contribution in [3.63, 3.8) is 0 Å². The van der Waals surface area contributed by atoms with E-state index in [1.165, 1.54) is 77.5 Å². The molecule has 1 aliphatic carbocycles. The summed E-state index contributed by atoms with van der Waals surface area (Å²) in [5, 5.41) is 3.82. The van der Waals surface area contributed by atoms with E-state index >= 15 is 0 Å². The van der Waals surface area contributed by atoms with Crippen LogP contribution in [0.4, 0.5) is 0 Å². The van der Waals surface area contributed by atoms with Crippen LogP contribution < -0.4 is 5.32 Å². The number of hydrogen-bond acceptors (Lipinski definition) is 2. The molecule has 0 spiro atoms. The molecule has 2 fully saturated rings. The second-order valence-electron chi connectivity index (χ2n) is 7.30. The fourth-order valence-electron chi connectivity index (χ4n) is 4.37. The molecule has 0 radical (unpaired) electrons. The highest BCUT2D eigenvalue weighted by Crippen LogP contribution is 2.38. The normalized spacial score (nSPS) is 30.8. The van der Waals surface area contributed by atoms with Crippen LogP contribution in [0.25, 0.3) is 0 Å². The van der Waals surface area contributed by atoms with E-state index in [2.05, 4.69) is 31.0 Å². The van der Waals surface area contributed by atoms with Gasteiger partial charge in [0, 0.05) is 19.1 Å². The smallest absolute Gasteiger partial charge is 0.0107 e. The van der Waals surface area contributed by atoms with Crippen LogP contribution in [-0.2, 0) is 0 Å². The van der Waals surface area contributed by atoms with Crippen molar-refractivity contribution in [2.45, 2.75) is 78.2 Å². The zero-order valence-corrected chi connectivity index (χ0v) is 14.1. The van der Waals surface area contributed by atoms with Gasteiger partial charge in [0.1, 0.15) is 0 Å². The summed E-state index contributed by atoms with van der Waals surface area (Å²) in [6.45, 7) is 12.3. The average molecular weight is 280 g/mol. The molecule has 0 aromatic rings. The summed E-state index contributed by atoms with van der Waals surface area (Å²) in [6, 6.07) is 0.793. The molecule has 118 valence electrons. The largest absolute Gasteiger partial charge is 0.314 e. The summed E-state index contributed by atoms with van der Waals surface area (Å²) >= 11 is 0. The summed E-state index contributed by atoms with van der Waals surface area (Å²) in [7, 11) is 0. The monoisotopic (exact) mass is 280 g/mol. The van der Waals surface area contributed by atoms with Crippen LogP contribution in [0.3, 0.4) is 0 Å². The average Bonchev–Trinajstić information content (AvgIpc) is 2.90. The van der Waals surface area contributed by atoms with E-state index in [0.717, 1.165) is 12.0 Å². The molecule has 1 N–H and O–H groups in total. The van der Waals surface area contributed by atoms with Crippen LogP contribution in [0.1, 0.15) is 72.1 Å². The first-order valence-corrected chi connectivity index (χ1v) is 9.18. The molecule has 2 heteroatoms. The standard InChI is InChI=1S/C18H36N2/c1-4-12-19-17-10-8-7-9-16(17)14-20-13-11-18(5-2,6-3)15-20/h16-17,19H,4-15H2,1-3H3. The van der Waals surface area contributed by atoms with E-state index in [0.29, 0.717) is 5.41 Å². The van der Waals surface area contributed by atoms with Crippen molar-refractivity contribution in [3.8, 4) is 0 Å². The molecule has 0 amide bonds. The van der Waals surface area contributed by atoms with E-state index in [9.17, 15) is 0 Å². The SMILES string of the molecule is CCCNC1CCCCC1CN1CCC(CC)(CC)C1. The maximum Gasteiger partial charge on any atom is 0.0107 e. The number of rotatable bonds is 7. The van der Waals surface area contributed by atoms with Gasteiger partial charge in [0.05, 0.1) is 0 Å². The number of nitrogens with one attached hydrogen (secondary N) is 1. The van der Waals surface area contributed by atoms with Crippen molar-refractivity contribution in [1.82, 2.24) is 10.2 Å². The minimum absolute atomic E-state index is 0.640. The van der Waals surface area contributed by atoms with Gasteiger partial charge in [-0.1, -0.05) is 33.6 Å². The van der Waals surface area contributed by atoms with Crippen LogP contribution in [0.5, 0.6) is 0 Å². The number of nitrogens with zero attached hydrogens (tertiary/aromatic N) is 1. The topological polar surface area (TPSA) is 15.3 Å². The summed E-state index contributed by atoms with van der Waals surface area (Å²) in [6.07, 6.45) is 11.2. The van der Waals surface area contributed by atoms with Crippen molar-refractivity contribution in [2.75, 3.05) is 26.2 Å². The molecule has 2 nitrogen and oxygen atoms in total. The van der Waals surface area contributed by atoms with Crippen molar-refractivity contribution >= 4 is 0 Å².